The van der Waals surface area contributed by atoms with Gasteiger partial charge >= 0.3 is 0 Å². The second-order valence-electron chi connectivity index (χ2n) is 5.98. The van der Waals surface area contributed by atoms with E-state index in [4.69, 9.17) is 0 Å². The van der Waals surface area contributed by atoms with E-state index >= 15 is 0 Å². The van der Waals surface area contributed by atoms with Crippen LogP contribution < -0.4 is 5.32 Å². The van der Waals surface area contributed by atoms with Crippen LogP contribution in [0.4, 0.5) is 5.69 Å². The van der Waals surface area contributed by atoms with E-state index in [1.807, 2.05) is 19.1 Å². The second-order valence-corrected chi connectivity index (χ2v) is 5.98. The second kappa shape index (κ2) is 8.22. The molecule has 0 spiro atoms. The summed E-state index contributed by atoms with van der Waals surface area (Å²) in [5, 5.41) is 18.0. The Balaban J connectivity index is 1.84. The van der Waals surface area contributed by atoms with E-state index in [0.717, 1.165) is 17.7 Å². The number of hydrogen-bond donors (Lipinski definition) is 1. The lowest BCUT2D eigenvalue weighted by molar-refractivity contribution is -0.384. The van der Waals surface area contributed by atoms with Crippen molar-refractivity contribution >= 4 is 11.6 Å². The third kappa shape index (κ3) is 4.17. The Hall–Kier alpha value is -3.55. The van der Waals surface area contributed by atoms with Crippen molar-refractivity contribution in [1.82, 2.24) is 20.1 Å². The Kier molecular flexibility index (Phi) is 5.55. The Morgan fingerprint density at radius 3 is 2.63 bits per heavy atom. The number of pyridine rings is 1. The van der Waals surface area contributed by atoms with E-state index in [9.17, 15) is 14.9 Å². The van der Waals surface area contributed by atoms with Gasteiger partial charge in [0.2, 0.25) is 0 Å². The predicted octanol–water partition coefficient (Wildman–Crippen LogP) is 3.06. The number of nitrogens with zero attached hydrogens (tertiary/aromatic N) is 4. The van der Waals surface area contributed by atoms with Crippen LogP contribution >= 0.6 is 0 Å². The third-order valence-corrected chi connectivity index (χ3v) is 4.08. The normalized spacial score (nSPS) is 10.6. The smallest absolute Gasteiger partial charge is 0.269 e. The molecule has 0 atom stereocenters. The summed E-state index contributed by atoms with van der Waals surface area (Å²) in [6.45, 7) is 2.39. The Bertz CT molecular complexity index is 936. The number of carbonyl (C=O) groups excluding carboxylic acids is 1. The van der Waals surface area contributed by atoms with Gasteiger partial charge in [0.25, 0.3) is 11.6 Å². The van der Waals surface area contributed by atoms with E-state index in [1.165, 1.54) is 18.3 Å². The van der Waals surface area contributed by atoms with Crippen molar-refractivity contribution < 1.29 is 9.72 Å². The van der Waals surface area contributed by atoms with E-state index in [2.05, 4.69) is 15.4 Å². The van der Waals surface area contributed by atoms with Gasteiger partial charge in [-0.25, -0.2) is 4.68 Å². The van der Waals surface area contributed by atoms with Crippen LogP contribution in [0.15, 0.2) is 55.0 Å². The van der Waals surface area contributed by atoms with Gasteiger partial charge in [0.1, 0.15) is 0 Å². The number of nitro groups is 1. The van der Waals surface area contributed by atoms with Gasteiger partial charge in [-0.3, -0.25) is 19.9 Å². The molecule has 0 aliphatic carbocycles. The summed E-state index contributed by atoms with van der Waals surface area (Å²) in [4.78, 5) is 27.0. The number of amides is 1. The molecule has 2 aromatic heterocycles. The number of rotatable bonds is 7. The highest BCUT2D eigenvalue weighted by Gasteiger charge is 2.18. The van der Waals surface area contributed by atoms with Crippen LogP contribution in [-0.2, 0) is 13.0 Å². The van der Waals surface area contributed by atoms with Gasteiger partial charge in [-0.1, -0.05) is 19.4 Å². The molecule has 0 aliphatic heterocycles. The van der Waals surface area contributed by atoms with Crippen LogP contribution in [0.2, 0.25) is 0 Å². The maximum atomic E-state index is 12.6. The number of carbonyl (C=O) groups is 1. The van der Waals surface area contributed by atoms with Gasteiger partial charge in [-0.15, -0.1) is 0 Å². The highest BCUT2D eigenvalue weighted by Crippen LogP contribution is 2.20. The van der Waals surface area contributed by atoms with Crippen LogP contribution in [0.25, 0.3) is 5.69 Å². The Labute approximate surface area is 156 Å². The molecule has 8 heteroatoms. The molecule has 8 nitrogen and oxygen atoms in total. The maximum absolute atomic E-state index is 12.6. The van der Waals surface area contributed by atoms with Crippen LogP contribution in [0.1, 0.15) is 35.0 Å². The minimum atomic E-state index is -0.447. The summed E-state index contributed by atoms with van der Waals surface area (Å²) in [7, 11) is 0. The van der Waals surface area contributed by atoms with Gasteiger partial charge in [-0.2, -0.15) is 5.10 Å². The summed E-state index contributed by atoms with van der Waals surface area (Å²) in [6.07, 6.45) is 6.41. The van der Waals surface area contributed by atoms with Crippen molar-refractivity contribution in [1.29, 1.82) is 0 Å². The van der Waals surface area contributed by atoms with Gasteiger partial charge in [-0.05, 0) is 30.2 Å². The molecule has 1 amide bonds. The third-order valence-electron chi connectivity index (χ3n) is 4.08. The molecule has 0 bridgehead atoms. The fourth-order valence-corrected chi connectivity index (χ4v) is 2.76. The number of benzene rings is 1. The SMILES string of the molecule is CCCc1c(C(=O)NCc2cccnc2)cnn1-c1ccc([N+](=O)[O-])cc1. The van der Waals surface area contributed by atoms with Crippen molar-refractivity contribution in [3.8, 4) is 5.69 Å². The lowest BCUT2D eigenvalue weighted by Gasteiger charge is -2.09. The molecule has 3 aromatic rings. The maximum Gasteiger partial charge on any atom is 0.269 e. The Morgan fingerprint density at radius 2 is 2.00 bits per heavy atom. The number of aromatic nitrogens is 3. The highest BCUT2D eigenvalue weighted by atomic mass is 16.6. The van der Waals surface area contributed by atoms with Crippen molar-refractivity contribution in [3.05, 3.63) is 81.9 Å². The lowest BCUT2D eigenvalue weighted by Crippen LogP contribution is -2.24. The van der Waals surface area contributed by atoms with Crippen LogP contribution in [-0.4, -0.2) is 25.6 Å². The van der Waals surface area contributed by atoms with Gasteiger partial charge < -0.3 is 5.32 Å². The van der Waals surface area contributed by atoms with Gasteiger partial charge in [0.15, 0.2) is 0 Å². The standard InChI is InChI=1S/C19H19N5O3/c1-2-4-18-17(19(25)21-12-14-5-3-10-20-11-14)13-22-23(18)15-6-8-16(9-7-15)24(26)27/h3,5-11,13H,2,4,12H2,1H3,(H,21,25). The minimum absolute atomic E-state index is 0.0115. The molecule has 0 unspecified atom stereocenters. The molecule has 0 fully saturated rings. The molecule has 0 aliphatic rings. The lowest BCUT2D eigenvalue weighted by atomic mass is 10.1. The molecular weight excluding hydrogens is 346 g/mol. The molecule has 0 radical (unpaired) electrons. The highest BCUT2D eigenvalue weighted by molar-refractivity contribution is 5.95. The number of nitro benzene ring substituents is 1. The number of nitrogens with one attached hydrogen (secondary N) is 1. The van der Waals surface area contributed by atoms with Crippen LogP contribution in [0.5, 0.6) is 0 Å². The first-order valence-electron chi connectivity index (χ1n) is 8.59. The van der Waals surface area contributed by atoms with Crippen LogP contribution in [0, 0.1) is 10.1 Å². The zero-order chi connectivity index (χ0) is 19.2. The average molecular weight is 365 g/mol. The molecule has 27 heavy (non-hydrogen) atoms. The van der Waals surface area contributed by atoms with Crippen molar-refractivity contribution in [2.24, 2.45) is 0 Å². The topological polar surface area (TPSA) is 103 Å². The first-order valence-corrected chi connectivity index (χ1v) is 8.59. The van der Waals surface area contributed by atoms with E-state index in [-0.39, 0.29) is 11.6 Å². The predicted molar refractivity (Wildman–Crippen MR) is 99.6 cm³/mol. The average Bonchev–Trinajstić information content (AvgIpc) is 3.11. The first kappa shape index (κ1) is 18.2. The summed E-state index contributed by atoms with van der Waals surface area (Å²) in [5.41, 5.74) is 2.87. The summed E-state index contributed by atoms with van der Waals surface area (Å²) < 4.78 is 1.66. The van der Waals surface area contributed by atoms with E-state index < -0.39 is 4.92 Å². The zero-order valence-electron chi connectivity index (χ0n) is 14.8. The molecule has 1 aromatic carbocycles. The summed E-state index contributed by atoms with van der Waals surface area (Å²) in [5.74, 6) is -0.213. The first-order chi connectivity index (χ1) is 13.1. The molecule has 0 saturated carbocycles. The van der Waals surface area contributed by atoms with Crippen molar-refractivity contribution in [2.45, 2.75) is 26.3 Å². The Morgan fingerprint density at radius 1 is 1.22 bits per heavy atom. The zero-order valence-corrected chi connectivity index (χ0v) is 14.8. The summed E-state index contributed by atoms with van der Waals surface area (Å²) >= 11 is 0. The fraction of sp³-hybridized carbons (Fsp3) is 0.211. The monoisotopic (exact) mass is 365 g/mol. The molecule has 1 N–H and O–H groups in total. The quantitative estimate of drug-likeness (QED) is 0.512. The molecular formula is C19H19N5O3. The fourth-order valence-electron chi connectivity index (χ4n) is 2.76. The molecule has 3 rings (SSSR count). The van der Waals surface area contributed by atoms with Gasteiger partial charge in [0, 0.05) is 31.1 Å². The van der Waals surface area contributed by atoms with E-state index in [0.29, 0.717) is 24.2 Å². The van der Waals surface area contributed by atoms with Crippen molar-refractivity contribution in [2.75, 3.05) is 0 Å². The minimum Gasteiger partial charge on any atom is -0.348 e. The molecule has 138 valence electrons. The van der Waals surface area contributed by atoms with Gasteiger partial charge in [0.05, 0.1) is 28.1 Å². The largest absolute Gasteiger partial charge is 0.348 e. The van der Waals surface area contributed by atoms with Crippen LogP contribution in [0.3, 0.4) is 0 Å². The number of non-ortho nitro benzene ring substituents is 1. The summed E-state index contributed by atoms with van der Waals surface area (Å²) in [6, 6.07) is 9.81. The van der Waals surface area contributed by atoms with E-state index in [1.54, 1.807) is 29.2 Å². The molecule has 2 heterocycles. The van der Waals surface area contributed by atoms with Crippen molar-refractivity contribution in [3.63, 3.8) is 0 Å². The molecule has 0 saturated heterocycles. The number of hydrogen-bond acceptors (Lipinski definition) is 5.